The fraction of sp³-hybridized carbons (Fsp3) is 0.312. The number of amides is 1. The summed E-state index contributed by atoms with van der Waals surface area (Å²) in [5.74, 6) is 1.58. The molecule has 0 bridgehead atoms. The summed E-state index contributed by atoms with van der Waals surface area (Å²) in [4.78, 5) is 28.9. The molecule has 0 saturated carbocycles. The van der Waals surface area contributed by atoms with Crippen molar-refractivity contribution in [3.63, 3.8) is 0 Å². The van der Waals surface area contributed by atoms with Gasteiger partial charge in [-0.3, -0.25) is 9.69 Å². The minimum atomic E-state index is -0.678. The number of carbonyl (C=O) groups excluding carboxylic acids is 2. The van der Waals surface area contributed by atoms with Gasteiger partial charge in [-0.15, -0.1) is 0 Å². The van der Waals surface area contributed by atoms with Crippen LogP contribution in [0.4, 0.5) is 5.69 Å². The van der Waals surface area contributed by atoms with Gasteiger partial charge in [0.25, 0.3) is 5.91 Å². The highest BCUT2D eigenvalue weighted by Gasteiger charge is 2.37. The molecule has 10 nitrogen and oxygen atoms in total. The van der Waals surface area contributed by atoms with E-state index in [9.17, 15) is 9.59 Å². The maximum absolute atomic E-state index is 14.1. The Hall–Kier alpha value is -4.86. The lowest BCUT2D eigenvalue weighted by atomic mass is 9.88. The van der Waals surface area contributed by atoms with Gasteiger partial charge in [0.15, 0.2) is 23.0 Å². The average molecular weight is 578 g/mol. The van der Waals surface area contributed by atoms with Gasteiger partial charge in [-0.25, -0.2) is 4.79 Å². The maximum Gasteiger partial charge on any atom is 0.343 e. The van der Waals surface area contributed by atoms with Crippen LogP contribution in [0.2, 0.25) is 0 Å². The summed E-state index contributed by atoms with van der Waals surface area (Å²) >= 11 is 0. The molecule has 0 N–H and O–H groups in total. The monoisotopic (exact) mass is 577 g/mol. The first-order valence-corrected chi connectivity index (χ1v) is 13.0. The lowest BCUT2D eigenvalue weighted by molar-refractivity contribution is 0.0733. The number of anilines is 1. The van der Waals surface area contributed by atoms with E-state index >= 15 is 0 Å². The second-order valence-corrected chi connectivity index (χ2v) is 10.0. The van der Waals surface area contributed by atoms with Gasteiger partial charge in [0, 0.05) is 11.1 Å². The largest absolute Gasteiger partial charge is 0.493 e. The quantitative estimate of drug-likeness (QED) is 0.231. The minimum Gasteiger partial charge on any atom is -0.493 e. The van der Waals surface area contributed by atoms with Crippen LogP contribution < -0.4 is 38.1 Å². The van der Waals surface area contributed by atoms with Crippen molar-refractivity contribution in [2.75, 3.05) is 47.6 Å². The Morgan fingerprint density at radius 3 is 1.60 bits per heavy atom. The van der Waals surface area contributed by atoms with E-state index in [4.69, 9.17) is 33.2 Å². The number of ether oxygens (including phenoxy) is 7. The maximum atomic E-state index is 14.1. The molecule has 1 amide bonds. The highest BCUT2D eigenvalue weighted by Crippen LogP contribution is 2.44. The van der Waals surface area contributed by atoms with Crippen molar-refractivity contribution in [3.8, 4) is 40.2 Å². The van der Waals surface area contributed by atoms with Crippen molar-refractivity contribution in [2.24, 2.45) is 0 Å². The molecule has 1 aliphatic rings. The van der Waals surface area contributed by atoms with Crippen LogP contribution in [0.3, 0.4) is 0 Å². The highest BCUT2D eigenvalue weighted by molar-refractivity contribution is 6.10. The van der Waals surface area contributed by atoms with Gasteiger partial charge < -0.3 is 33.2 Å². The summed E-state index contributed by atoms with van der Waals surface area (Å²) in [5, 5.41) is 0. The number of fused-ring (bicyclic) bond motifs is 1. The van der Waals surface area contributed by atoms with Gasteiger partial charge in [-0.1, -0.05) is 6.08 Å². The predicted molar refractivity (Wildman–Crippen MR) is 158 cm³/mol. The molecule has 0 radical (unpaired) electrons. The van der Waals surface area contributed by atoms with E-state index in [2.05, 4.69) is 0 Å². The Kier molecular flexibility index (Phi) is 8.56. The number of rotatable bonds is 9. The van der Waals surface area contributed by atoms with Crippen LogP contribution in [0.1, 0.15) is 47.1 Å². The molecule has 0 spiro atoms. The zero-order valence-electron chi connectivity index (χ0n) is 25.2. The Morgan fingerprint density at radius 1 is 0.667 bits per heavy atom. The van der Waals surface area contributed by atoms with Crippen LogP contribution in [0.5, 0.6) is 40.2 Å². The third kappa shape index (κ3) is 5.39. The molecule has 3 aromatic carbocycles. The van der Waals surface area contributed by atoms with Crippen molar-refractivity contribution in [1.82, 2.24) is 0 Å². The van der Waals surface area contributed by atoms with Gasteiger partial charge in [0.1, 0.15) is 5.75 Å². The minimum absolute atomic E-state index is 0.217. The molecule has 1 heterocycles. The van der Waals surface area contributed by atoms with Crippen molar-refractivity contribution < 1.29 is 42.7 Å². The average Bonchev–Trinajstić information content (AvgIpc) is 2.98. The van der Waals surface area contributed by atoms with Crippen molar-refractivity contribution >= 4 is 23.1 Å². The van der Waals surface area contributed by atoms with Crippen LogP contribution in [0.25, 0.3) is 5.57 Å². The Balaban J connectivity index is 1.72. The number of benzene rings is 3. The highest BCUT2D eigenvalue weighted by atomic mass is 16.5. The summed E-state index contributed by atoms with van der Waals surface area (Å²) in [6.45, 7) is 5.86. The first-order chi connectivity index (χ1) is 20.0. The molecule has 0 saturated heterocycles. The van der Waals surface area contributed by atoms with Gasteiger partial charge in [-0.05, 0) is 68.8 Å². The molecular weight excluding hydrogens is 542 g/mol. The van der Waals surface area contributed by atoms with Crippen LogP contribution in [0, 0.1) is 0 Å². The van der Waals surface area contributed by atoms with Crippen molar-refractivity contribution in [1.29, 1.82) is 0 Å². The molecule has 3 aromatic rings. The van der Waals surface area contributed by atoms with Crippen LogP contribution in [0.15, 0.2) is 48.5 Å². The number of hydrogen-bond acceptors (Lipinski definition) is 9. The van der Waals surface area contributed by atoms with Gasteiger partial charge >= 0.3 is 5.97 Å². The Morgan fingerprint density at radius 2 is 1.14 bits per heavy atom. The molecule has 10 heteroatoms. The van der Waals surface area contributed by atoms with Gasteiger partial charge in [-0.2, -0.15) is 0 Å². The van der Waals surface area contributed by atoms with E-state index in [0.29, 0.717) is 51.5 Å². The lowest BCUT2D eigenvalue weighted by Gasteiger charge is -2.41. The van der Waals surface area contributed by atoms with E-state index in [0.717, 1.165) is 11.1 Å². The molecule has 0 aliphatic carbocycles. The lowest BCUT2D eigenvalue weighted by Crippen LogP contribution is -2.49. The number of carbonyl (C=O) groups is 2. The van der Waals surface area contributed by atoms with Crippen LogP contribution in [-0.2, 0) is 0 Å². The zero-order valence-corrected chi connectivity index (χ0v) is 25.2. The molecule has 0 unspecified atom stereocenters. The predicted octanol–water partition coefficient (Wildman–Crippen LogP) is 5.80. The first-order valence-electron chi connectivity index (χ1n) is 13.0. The van der Waals surface area contributed by atoms with E-state index in [1.54, 1.807) is 35.2 Å². The summed E-state index contributed by atoms with van der Waals surface area (Å²) in [5.41, 5.74) is 2.22. The number of esters is 1. The van der Waals surface area contributed by atoms with Gasteiger partial charge in [0.2, 0.25) is 11.5 Å². The summed E-state index contributed by atoms with van der Waals surface area (Å²) < 4.78 is 38.2. The molecular formula is C32H35NO9. The van der Waals surface area contributed by atoms with Crippen LogP contribution in [-0.4, -0.2) is 60.1 Å². The molecule has 0 fully saturated rings. The fourth-order valence-corrected chi connectivity index (χ4v) is 5.14. The van der Waals surface area contributed by atoms with E-state index < -0.39 is 11.5 Å². The second-order valence-electron chi connectivity index (χ2n) is 10.0. The third-order valence-electron chi connectivity index (χ3n) is 7.01. The molecule has 1 aliphatic heterocycles. The molecule has 222 valence electrons. The fourth-order valence-electron chi connectivity index (χ4n) is 5.14. The molecule has 0 atom stereocenters. The van der Waals surface area contributed by atoms with E-state index in [1.165, 1.54) is 54.8 Å². The topological polar surface area (TPSA) is 102 Å². The summed E-state index contributed by atoms with van der Waals surface area (Å²) in [6, 6.07) is 11.4. The molecule has 0 aromatic heterocycles. The van der Waals surface area contributed by atoms with Gasteiger partial charge in [0.05, 0.1) is 59.4 Å². The van der Waals surface area contributed by atoms with E-state index in [-0.39, 0.29) is 11.5 Å². The van der Waals surface area contributed by atoms with Crippen molar-refractivity contribution in [3.05, 3.63) is 65.2 Å². The number of allylic oxidation sites excluding steroid dienone is 1. The first kappa shape index (κ1) is 30.1. The standard InChI is InChI=1S/C32H35NO9/c1-18-17-32(2,3)33(30(34)19-12-24(36-4)28(40-8)25(13-19)37-5)23-11-10-21(16-22(18)23)42-31(35)20-14-26(38-6)29(41-9)27(15-20)39-7/h10-17H,1-9H3. The Bertz CT molecular complexity index is 1510. The van der Waals surface area contributed by atoms with E-state index in [1.807, 2.05) is 26.8 Å². The SMILES string of the molecule is COc1cc(C(=O)Oc2ccc3c(c2)C(C)=CC(C)(C)N3C(=O)c2cc(OC)c(OC)c(OC)c2)cc(OC)c1OC. The Labute approximate surface area is 245 Å². The zero-order chi connectivity index (χ0) is 30.8. The smallest absolute Gasteiger partial charge is 0.343 e. The second kappa shape index (κ2) is 11.9. The summed E-state index contributed by atoms with van der Waals surface area (Å²) in [6.07, 6.45) is 2.00. The normalized spacial score (nSPS) is 13.4. The van der Waals surface area contributed by atoms with Crippen molar-refractivity contribution in [2.45, 2.75) is 26.3 Å². The molecule has 42 heavy (non-hydrogen) atoms. The number of nitrogens with zero attached hydrogens (tertiary/aromatic N) is 1. The molecule has 4 rings (SSSR count). The third-order valence-corrected chi connectivity index (χ3v) is 7.01. The number of hydrogen-bond donors (Lipinski definition) is 0. The van der Waals surface area contributed by atoms with Crippen LogP contribution >= 0.6 is 0 Å². The number of methoxy groups -OCH3 is 6. The summed E-state index contributed by atoms with van der Waals surface area (Å²) in [7, 11) is 8.93.